The molecule has 1 aromatic carbocycles. The number of carbonyl (C=O) groups excluding carboxylic acids is 1. The Morgan fingerprint density at radius 3 is 2.22 bits per heavy atom. The number of hydrogen-bond donors (Lipinski definition) is 1. The Morgan fingerprint density at radius 1 is 1.13 bits per heavy atom. The zero-order valence-corrected chi connectivity index (χ0v) is 14.8. The molecule has 1 aromatic heterocycles. The summed E-state index contributed by atoms with van der Waals surface area (Å²) < 4.78 is 5.10. The molecule has 23 heavy (non-hydrogen) atoms. The number of thioether (sulfide) groups is 1. The van der Waals surface area contributed by atoms with Crippen molar-refractivity contribution in [1.29, 1.82) is 0 Å². The fourth-order valence-electron chi connectivity index (χ4n) is 1.92. The predicted octanol–water partition coefficient (Wildman–Crippen LogP) is 3.53. The van der Waals surface area contributed by atoms with Crippen LogP contribution >= 0.6 is 11.8 Å². The third kappa shape index (κ3) is 4.45. The van der Waals surface area contributed by atoms with E-state index in [0.717, 1.165) is 28.4 Å². The Balaban J connectivity index is 2.02. The smallest absolute Gasteiger partial charge is 0.237 e. The number of aryl methyl sites for hydroxylation is 2. The Morgan fingerprint density at radius 2 is 1.70 bits per heavy atom. The standard InChI is InChI=1S/C17H21N3O2S/c1-10-11(2)18-17(19-12(10)3)23-13(4)16(21)20-14-6-8-15(22-5)9-7-14/h6-9,13H,1-5H3,(H,20,21)/t13-/m1/s1. The van der Waals surface area contributed by atoms with E-state index in [1.54, 1.807) is 7.11 Å². The van der Waals surface area contributed by atoms with Gasteiger partial charge in [-0.1, -0.05) is 11.8 Å². The largest absolute Gasteiger partial charge is 0.497 e. The number of aromatic nitrogens is 2. The molecule has 5 nitrogen and oxygen atoms in total. The molecule has 0 aliphatic carbocycles. The number of rotatable bonds is 5. The summed E-state index contributed by atoms with van der Waals surface area (Å²) in [5, 5.41) is 3.22. The zero-order valence-electron chi connectivity index (χ0n) is 14.0. The highest BCUT2D eigenvalue weighted by molar-refractivity contribution is 8.00. The van der Waals surface area contributed by atoms with Gasteiger partial charge in [-0.05, 0) is 57.5 Å². The lowest BCUT2D eigenvalue weighted by atomic mass is 10.2. The van der Waals surface area contributed by atoms with Crippen LogP contribution in [-0.4, -0.2) is 28.2 Å². The van der Waals surface area contributed by atoms with Gasteiger partial charge in [-0.3, -0.25) is 4.79 Å². The lowest BCUT2D eigenvalue weighted by Crippen LogP contribution is -2.22. The van der Waals surface area contributed by atoms with Crippen molar-refractivity contribution in [3.05, 3.63) is 41.2 Å². The van der Waals surface area contributed by atoms with Crippen LogP contribution in [0.15, 0.2) is 29.4 Å². The first-order valence-electron chi connectivity index (χ1n) is 7.34. The number of ether oxygens (including phenoxy) is 1. The monoisotopic (exact) mass is 331 g/mol. The molecular weight excluding hydrogens is 310 g/mol. The Labute approximate surface area is 140 Å². The minimum Gasteiger partial charge on any atom is -0.497 e. The molecule has 0 radical (unpaired) electrons. The third-order valence-electron chi connectivity index (χ3n) is 3.62. The first kappa shape index (κ1) is 17.3. The van der Waals surface area contributed by atoms with E-state index in [1.807, 2.05) is 52.0 Å². The van der Waals surface area contributed by atoms with Crippen LogP contribution in [0.25, 0.3) is 0 Å². The van der Waals surface area contributed by atoms with Gasteiger partial charge in [0, 0.05) is 17.1 Å². The van der Waals surface area contributed by atoms with Gasteiger partial charge in [-0.15, -0.1) is 0 Å². The molecule has 0 saturated carbocycles. The molecule has 0 aliphatic rings. The Kier molecular flexibility index (Phi) is 5.60. The highest BCUT2D eigenvalue weighted by Crippen LogP contribution is 2.23. The van der Waals surface area contributed by atoms with Crippen molar-refractivity contribution in [2.45, 2.75) is 38.1 Å². The zero-order chi connectivity index (χ0) is 17.0. The average Bonchev–Trinajstić information content (AvgIpc) is 2.53. The maximum Gasteiger partial charge on any atom is 0.237 e. The van der Waals surface area contributed by atoms with Crippen molar-refractivity contribution in [3.63, 3.8) is 0 Å². The number of hydrogen-bond acceptors (Lipinski definition) is 5. The van der Waals surface area contributed by atoms with Crippen molar-refractivity contribution in [2.24, 2.45) is 0 Å². The molecule has 6 heteroatoms. The summed E-state index contributed by atoms with van der Waals surface area (Å²) in [4.78, 5) is 21.2. The Bertz CT molecular complexity index is 678. The number of benzene rings is 1. The maximum atomic E-state index is 12.3. The van der Waals surface area contributed by atoms with Gasteiger partial charge in [-0.2, -0.15) is 0 Å². The van der Waals surface area contributed by atoms with Gasteiger partial charge < -0.3 is 10.1 Å². The van der Waals surface area contributed by atoms with Gasteiger partial charge in [-0.25, -0.2) is 9.97 Å². The molecule has 0 spiro atoms. The van der Waals surface area contributed by atoms with Crippen molar-refractivity contribution >= 4 is 23.4 Å². The number of amides is 1. The Hall–Kier alpha value is -2.08. The lowest BCUT2D eigenvalue weighted by molar-refractivity contribution is -0.115. The minimum absolute atomic E-state index is 0.0837. The number of methoxy groups -OCH3 is 1. The van der Waals surface area contributed by atoms with E-state index in [2.05, 4.69) is 15.3 Å². The summed E-state index contributed by atoms with van der Waals surface area (Å²) in [5.41, 5.74) is 3.72. The molecule has 0 unspecified atom stereocenters. The van der Waals surface area contributed by atoms with Crippen molar-refractivity contribution in [1.82, 2.24) is 9.97 Å². The third-order valence-corrected chi connectivity index (χ3v) is 4.58. The second-order valence-corrected chi connectivity index (χ2v) is 6.59. The number of carbonyl (C=O) groups is 1. The molecule has 2 aromatic rings. The SMILES string of the molecule is COc1ccc(NC(=O)[C@@H](C)Sc2nc(C)c(C)c(C)n2)cc1. The fraction of sp³-hybridized carbons (Fsp3) is 0.353. The van der Waals surface area contributed by atoms with E-state index in [4.69, 9.17) is 4.74 Å². The molecule has 0 fully saturated rings. The summed E-state index contributed by atoms with van der Waals surface area (Å²) in [6.07, 6.45) is 0. The van der Waals surface area contributed by atoms with Crippen LogP contribution in [0.2, 0.25) is 0 Å². The van der Waals surface area contributed by atoms with Gasteiger partial charge in [0.1, 0.15) is 5.75 Å². The maximum absolute atomic E-state index is 12.3. The molecule has 1 amide bonds. The highest BCUT2D eigenvalue weighted by atomic mass is 32.2. The van der Waals surface area contributed by atoms with Crippen LogP contribution in [0.1, 0.15) is 23.9 Å². The molecule has 0 saturated heterocycles. The summed E-state index contributed by atoms with van der Waals surface area (Å²) in [6, 6.07) is 7.24. The van der Waals surface area contributed by atoms with E-state index in [9.17, 15) is 4.79 Å². The molecule has 1 N–H and O–H groups in total. The molecule has 0 bridgehead atoms. The first-order valence-corrected chi connectivity index (χ1v) is 8.22. The molecule has 1 atom stereocenters. The number of nitrogens with one attached hydrogen (secondary N) is 1. The molecule has 122 valence electrons. The van der Waals surface area contributed by atoms with Crippen LogP contribution in [0.5, 0.6) is 5.75 Å². The number of nitrogens with zero attached hydrogens (tertiary/aromatic N) is 2. The lowest BCUT2D eigenvalue weighted by Gasteiger charge is -2.13. The van der Waals surface area contributed by atoms with Gasteiger partial charge in [0.05, 0.1) is 12.4 Å². The first-order chi connectivity index (χ1) is 10.9. The second-order valence-electron chi connectivity index (χ2n) is 5.28. The van der Waals surface area contributed by atoms with E-state index in [-0.39, 0.29) is 11.2 Å². The normalized spacial score (nSPS) is 11.9. The molecule has 2 rings (SSSR count). The summed E-state index contributed by atoms with van der Waals surface area (Å²) >= 11 is 1.36. The summed E-state index contributed by atoms with van der Waals surface area (Å²) in [6.45, 7) is 7.75. The summed E-state index contributed by atoms with van der Waals surface area (Å²) in [5.74, 6) is 0.670. The van der Waals surface area contributed by atoms with Crippen molar-refractivity contribution in [3.8, 4) is 5.75 Å². The van der Waals surface area contributed by atoms with E-state index in [1.165, 1.54) is 11.8 Å². The molecule has 0 aliphatic heterocycles. The van der Waals surface area contributed by atoms with Gasteiger partial charge >= 0.3 is 0 Å². The van der Waals surface area contributed by atoms with Crippen LogP contribution in [0, 0.1) is 20.8 Å². The van der Waals surface area contributed by atoms with E-state index >= 15 is 0 Å². The van der Waals surface area contributed by atoms with Crippen LogP contribution in [0.3, 0.4) is 0 Å². The molecule has 1 heterocycles. The number of anilines is 1. The van der Waals surface area contributed by atoms with Crippen molar-refractivity contribution < 1.29 is 9.53 Å². The van der Waals surface area contributed by atoms with Gasteiger partial charge in [0.2, 0.25) is 5.91 Å². The predicted molar refractivity (Wildman–Crippen MR) is 93.2 cm³/mol. The highest BCUT2D eigenvalue weighted by Gasteiger charge is 2.17. The quantitative estimate of drug-likeness (QED) is 0.671. The van der Waals surface area contributed by atoms with E-state index < -0.39 is 0 Å². The van der Waals surface area contributed by atoms with Crippen LogP contribution < -0.4 is 10.1 Å². The summed E-state index contributed by atoms with van der Waals surface area (Å²) in [7, 11) is 1.61. The van der Waals surface area contributed by atoms with Gasteiger partial charge in [0.15, 0.2) is 5.16 Å². The van der Waals surface area contributed by atoms with Gasteiger partial charge in [0.25, 0.3) is 0 Å². The second kappa shape index (κ2) is 7.46. The van der Waals surface area contributed by atoms with Crippen LogP contribution in [-0.2, 0) is 4.79 Å². The van der Waals surface area contributed by atoms with E-state index in [0.29, 0.717) is 5.16 Å². The molecular formula is C17H21N3O2S. The van der Waals surface area contributed by atoms with Crippen LogP contribution in [0.4, 0.5) is 5.69 Å². The topological polar surface area (TPSA) is 64.1 Å². The average molecular weight is 331 g/mol. The minimum atomic E-state index is -0.293. The fourth-order valence-corrected chi connectivity index (χ4v) is 2.79. The van der Waals surface area contributed by atoms with Crippen molar-refractivity contribution in [2.75, 3.05) is 12.4 Å².